The second-order valence-electron chi connectivity index (χ2n) is 5.31. The van der Waals surface area contributed by atoms with Gasteiger partial charge in [0, 0.05) is 22.6 Å². The molecule has 2 heteroatoms. The van der Waals surface area contributed by atoms with E-state index >= 15 is 0 Å². The number of hydrogen-bond acceptors (Lipinski definition) is 1. The van der Waals surface area contributed by atoms with Gasteiger partial charge in [0.05, 0.1) is 0 Å². The zero-order chi connectivity index (χ0) is 14.8. The van der Waals surface area contributed by atoms with Gasteiger partial charge in [-0.25, -0.2) is 0 Å². The SMILES string of the molecule is CC(CO)c1cccc(Br)c1-c1cccc2ccccc12. The fourth-order valence-electron chi connectivity index (χ4n) is 2.78. The average Bonchev–Trinajstić information content (AvgIpc) is 2.53. The largest absolute Gasteiger partial charge is 0.396 e. The molecule has 0 aromatic heterocycles. The minimum absolute atomic E-state index is 0.108. The van der Waals surface area contributed by atoms with Crippen molar-refractivity contribution in [3.8, 4) is 11.1 Å². The summed E-state index contributed by atoms with van der Waals surface area (Å²) in [6, 6.07) is 21.0. The fourth-order valence-corrected chi connectivity index (χ4v) is 3.37. The van der Waals surface area contributed by atoms with Crippen LogP contribution in [-0.4, -0.2) is 11.7 Å². The molecule has 0 bridgehead atoms. The second-order valence-corrected chi connectivity index (χ2v) is 6.17. The Kier molecular flexibility index (Phi) is 4.09. The maximum absolute atomic E-state index is 9.55. The van der Waals surface area contributed by atoms with E-state index in [0.717, 1.165) is 4.47 Å². The van der Waals surface area contributed by atoms with Crippen LogP contribution in [0.15, 0.2) is 65.1 Å². The Bertz CT molecular complexity index is 774. The molecular formula is C19H17BrO. The van der Waals surface area contributed by atoms with Crippen molar-refractivity contribution in [3.63, 3.8) is 0 Å². The molecule has 1 N–H and O–H groups in total. The van der Waals surface area contributed by atoms with Crippen molar-refractivity contribution in [2.75, 3.05) is 6.61 Å². The van der Waals surface area contributed by atoms with Crippen LogP contribution in [0.3, 0.4) is 0 Å². The molecule has 1 unspecified atom stereocenters. The molecule has 0 saturated carbocycles. The van der Waals surface area contributed by atoms with Crippen LogP contribution in [0, 0.1) is 0 Å². The van der Waals surface area contributed by atoms with Crippen molar-refractivity contribution in [2.24, 2.45) is 0 Å². The summed E-state index contributed by atoms with van der Waals surface area (Å²) in [4.78, 5) is 0. The Morgan fingerprint density at radius 1 is 0.952 bits per heavy atom. The van der Waals surface area contributed by atoms with Gasteiger partial charge in [0.1, 0.15) is 0 Å². The molecule has 0 fully saturated rings. The van der Waals surface area contributed by atoms with E-state index < -0.39 is 0 Å². The molecule has 0 aliphatic heterocycles. The third-order valence-electron chi connectivity index (χ3n) is 3.91. The number of halogens is 1. The summed E-state index contributed by atoms with van der Waals surface area (Å²) < 4.78 is 1.07. The fraction of sp³-hybridized carbons (Fsp3) is 0.158. The highest BCUT2D eigenvalue weighted by Gasteiger charge is 2.15. The first kappa shape index (κ1) is 14.3. The van der Waals surface area contributed by atoms with Crippen molar-refractivity contribution in [2.45, 2.75) is 12.8 Å². The molecular weight excluding hydrogens is 324 g/mol. The van der Waals surface area contributed by atoms with Gasteiger partial charge in [0.15, 0.2) is 0 Å². The predicted molar refractivity (Wildman–Crippen MR) is 92.6 cm³/mol. The molecule has 0 spiro atoms. The maximum atomic E-state index is 9.55. The van der Waals surface area contributed by atoms with Crippen LogP contribution in [-0.2, 0) is 0 Å². The van der Waals surface area contributed by atoms with Crippen LogP contribution in [0.4, 0.5) is 0 Å². The lowest BCUT2D eigenvalue weighted by atomic mass is 9.89. The Morgan fingerprint density at radius 2 is 1.67 bits per heavy atom. The molecule has 3 rings (SSSR count). The van der Waals surface area contributed by atoms with E-state index in [-0.39, 0.29) is 12.5 Å². The van der Waals surface area contributed by atoms with Crippen molar-refractivity contribution in [1.82, 2.24) is 0 Å². The van der Waals surface area contributed by atoms with Crippen molar-refractivity contribution in [1.29, 1.82) is 0 Å². The van der Waals surface area contributed by atoms with Crippen molar-refractivity contribution in [3.05, 3.63) is 70.7 Å². The van der Waals surface area contributed by atoms with Crippen LogP contribution in [0.5, 0.6) is 0 Å². The lowest BCUT2D eigenvalue weighted by Gasteiger charge is -2.18. The summed E-state index contributed by atoms with van der Waals surface area (Å²) in [7, 11) is 0. The Hall–Kier alpha value is -1.64. The summed E-state index contributed by atoms with van der Waals surface area (Å²) in [5.74, 6) is 0.108. The molecule has 1 nitrogen and oxygen atoms in total. The van der Waals surface area contributed by atoms with E-state index in [9.17, 15) is 5.11 Å². The highest BCUT2D eigenvalue weighted by Crippen LogP contribution is 2.38. The lowest BCUT2D eigenvalue weighted by Crippen LogP contribution is -2.02. The smallest absolute Gasteiger partial charge is 0.0497 e. The van der Waals surface area contributed by atoms with Crippen LogP contribution < -0.4 is 0 Å². The highest BCUT2D eigenvalue weighted by atomic mass is 79.9. The molecule has 21 heavy (non-hydrogen) atoms. The molecule has 0 heterocycles. The van der Waals surface area contributed by atoms with Crippen LogP contribution in [0.25, 0.3) is 21.9 Å². The molecule has 0 aliphatic carbocycles. The first-order valence-electron chi connectivity index (χ1n) is 7.09. The lowest BCUT2D eigenvalue weighted by molar-refractivity contribution is 0.273. The monoisotopic (exact) mass is 340 g/mol. The number of fused-ring (bicyclic) bond motifs is 1. The molecule has 106 valence electrons. The van der Waals surface area contributed by atoms with E-state index in [1.165, 1.54) is 27.5 Å². The standard InChI is InChI=1S/C19H17BrO/c1-13(12-21)15-9-5-11-18(20)19(15)17-10-4-7-14-6-2-3-8-16(14)17/h2-11,13,21H,12H2,1H3. The molecule has 0 radical (unpaired) electrons. The third kappa shape index (κ3) is 2.61. The average molecular weight is 341 g/mol. The highest BCUT2D eigenvalue weighted by molar-refractivity contribution is 9.10. The number of aliphatic hydroxyl groups excluding tert-OH is 1. The molecule has 0 aliphatic rings. The number of aliphatic hydroxyl groups is 1. The van der Waals surface area contributed by atoms with Gasteiger partial charge in [-0.2, -0.15) is 0 Å². The molecule has 3 aromatic rings. The van der Waals surface area contributed by atoms with E-state index in [0.29, 0.717) is 0 Å². The molecule has 0 saturated heterocycles. The zero-order valence-electron chi connectivity index (χ0n) is 11.9. The first-order chi connectivity index (χ1) is 10.2. The van der Waals surface area contributed by atoms with Gasteiger partial charge in [-0.15, -0.1) is 0 Å². The van der Waals surface area contributed by atoms with E-state index in [1.54, 1.807) is 0 Å². The third-order valence-corrected chi connectivity index (χ3v) is 4.57. The summed E-state index contributed by atoms with van der Waals surface area (Å²) in [6.45, 7) is 2.20. The van der Waals surface area contributed by atoms with Gasteiger partial charge in [0.25, 0.3) is 0 Å². The molecule has 0 amide bonds. The van der Waals surface area contributed by atoms with Gasteiger partial charge >= 0.3 is 0 Å². The second kappa shape index (κ2) is 6.00. The van der Waals surface area contributed by atoms with Gasteiger partial charge < -0.3 is 5.11 Å². The van der Waals surface area contributed by atoms with Crippen LogP contribution in [0.2, 0.25) is 0 Å². The van der Waals surface area contributed by atoms with E-state index in [1.807, 2.05) is 6.07 Å². The number of benzene rings is 3. The topological polar surface area (TPSA) is 20.2 Å². The van der Waals surface area contributed by atoms with E-state index in [2.05, 4.69) is 77.5 Å². The molecule has 3 aromatic carbocycles. The predicted octanol–water partition coefficient (Wildman–Crippen LogP) is 5.37. The Morgan fingerprint density at radius 3 is 2.48 bits per heavy atom. The quantitative estimate of drug-likeness (QED) is 0.679. The zero-order valence-corrected chi connectivity index (χ0v) is 13.5. The van der Waals surface area contributed by atoms with Crippen molar-refractivity contribution < 1.29 is 5.11 Å². The normalized spacial score (nSPS) is 12.5. The van der Waals surface area contributed by atoms with Crippen molar-refractivity contribution >= 4 is 26.7 Å². The molecule has 1 atom stereocenters. The van der Waals surface area contributed by atoms with Crippen LogP contribution >= 0.6 is 15.9 Å². The first-order valence-corrected chi connectivity index (χ1v) is 7.89. The number of hydrogen-bond donors (Lipinski definition) is 1. The van der Waals surface area contributed by atoms with Gasteiger partial charge in [-0.1, -0.05) is 77.5 Å². The van der Waals surface area contributed by atoms with Gasteiger partial charge in [-0.05, 0) is 28.0 Å². The summed E-state index contributed by atoms with van der Waals surface area (Å²) in [6.07, 6.45) is 0. The van der Waals surface area contributed by atoms with Gasteiger partial charge in [-0.3, -0.25) is 0 Å². The maximum Gasteiger partial charge on any atom is 0.0497 e. The Labute approximate surface area is 133 Å². The van der Waals surface area contributed by atoms with Crippen LogP contribution in [0.1, 0.15) is 18.4 Å². The minimum atomic E-state index is 0.108. The Balaban J connectivity index is 2.33. The van der Waals surface area contributed by atoms with Gasteiger partial charge in [0.2, 0.25) is 0 Å². The summed E-state index contributed by atoms with van der Waals surface area (Å²) in [5, 5.41) is 12.0. The number of rotatable bonds is 3. The summed E-state index contributed by atoms with van der Waals surface area (Å²) in [5.41, 5.74) is 3.55. The summed E-state index contributed by atoms with van der Waals surface area (Å²) >= 11 is 3.69. The minimum Gasteiger partial charge on any atom is -0.396 e. The van der Waals surface area contributed by atoms with E-state index in [4.69, 9.17) is 0 Å².